The van der Waals surface area contributed by atoms with Crippen molar-refractivity contribution < 1.29 is 5.11 Å². The number of nitrogens with zero attached hydrogens (tertiary/aromatic N) is 1. The molecule has 1 heterocycles. The molecule has 1 aromatic heterocycles. The lowest BCUT2D eigenvalue weighted by Crippen LogP contribution is -2.17. The van der Waals surface area contributed by atoms with Crippen molar-refractivity contribution in [1.29, 1.82) is 0 Å². The Kier molecular flexibility index (Phi) is 2.72. The number of pyridine rings is 1. The second-order valence-corrected chi connectivity index (χ2v) is 3.69. The molecule has 0 radical (unpaired) electrons. The maximum Gasteiger partial charge on any atom is 0.111 e. The zero-order valence-corrected chi connectivity index (χ0v) is 7.93. The Morgan fingerprint density at radius 2 is 2.17 bits per heavy atom. The highest BCUT2D eigenvalue weighted by Gasteiger charge is 2.17. The molecule has 1 rings (SSSR count). The van der Waals surface area contributed by atoms with Gasteiger partial charge in [-0.3, -0.25) is 5.14 Å². The minimum atomic E-state index is -0.897. The maximum absolute atomic E-state index is 9.60. The van der Waals surface area contributed by atoms with Crippen LogP contribution < -0.4 is 5.14 Å². The second-order valence-electron chi connectivity index (χ2n) is 3.04. The standard InChI is InChI=1S/C8H12N2OS/c1-8(2,11)6-4-3-5-7(10-6)12-9/h3-5,11H,9H2,1-2H3. The number of hydrogen-bond donors (Lipinski definition) is 2. The van der Waals surface area contributed by atoms with Gasteiger partial charge in [0.25, 0.3) is 0 Å². The SMILES string of the molecule is CC(C)(O)c1cccc(SN)n1. The average molecular weight is 184 g/mol. The van der Waals surface area contributed by atoms with Crippen LogP contribution in [0, 0.1) is 0 Å². The van der Waals surface area contributed by atoms with Gasteiger partial charge in [-0.1, -0.05) is 6.07 Å². The van der Waals surface area contributed by atoms with E-state index in [2.05, 4.69) is 4.98 Å². The van der Waals surface area contributed by atoms with E-state index >= 15 is 0 Å². The first-order chi connectivity index (χ1) is 5.54. The van der Waals surface area contributed by atoms with E-state index in [4.69, 9.17) is 5.14 Å². The van der Waals surface area contributed by atoms with Gasteiger partial charge in [-0.05, 0) is 37.9 Å². The number of nitrogens with two attached hydrogens (primary N) is 1. The van der Waals surface area contributed by atoms with E-state index < -0.39 is 5.60 Å². The molecule has 3 nitrogen and oxygen atoms in total. The quantitative estimate of drug-likeness (QED) is 0.680. The monoisotopic (exact) mass is 184 g/mol. The highest BCUT2D eigenvalue weighted by atomic mass is 32.2. The maximum atomic E-state index is 9.60. The molecule has 0 amide bonds. The number of aromatic nitrogens is 1. The van der Waals surface area contributed by atoms with Gasteiger partial charge in [0.05, 0.1) is 5.69 Å². The van der Waals surface area contributed by atoms with Crippen LogP contribution in [-0.4, -0.2) is 10.1 Å². The van der Waals surface area contributed by atoms with Crippen LogP contribution in [0.4, 0.5) is 0 Å². The molecule has 12 heavy (non-hydrogen) atoms. The second kappa shape index (κ2) is 3.43. The zero-order valence-electron chi connectivity index (χ0n) is 7.11. The number of rotatable bonds is 2. The summed E-state index contributed by atoms with van der Waals surface area (Å²) in [6, 6.07) is 5.41. The van der Waals surface area contributed by atoms with Crippen LogP contribution in [0.15, 0.2) is 23.2 Å². The summed E-state index contributed by atoms with van der Waals surface area (Å²) >= 11 is 1.08. The Morgan fingerprint density at radius 1 is 1.50 bits per heavy atom. The number of hydrogen-bond acceptors (Lipinski definition) is 4. The van der Waals surface area contributed by atoms with Crippen molar-refractivity contribution in [2.24, 2.45) is 5.14 Å². The molecule has 0 aromatic carbocycles. The van der Waals surface area contributed by atoms with Crippen molar-refractivity contribution in [3.05, 3.63) is 23.9 Å². The molecule has 66 valence electrons. The fourth-order valence-corrected chi connectivity index (χ4v) is 1.13. The summed E-state index contributed by atoms with van der Waals surface area (Å²) in [7, 11) is 0. The van der Waals surface area contributed by atoms with Gasteiger partial charge in [-0.25, -0.2) is 4.98 Å². The first kappa shape index (κ1) is 9.51. The van der Waals surface area contributed by atoms with Crippen molar-refractivity contribution in [1.82, 2.24) is 4.98 Å². The highest BCUT2D eigenvalue weighted by Crippen LogP contribution is 2.19. The highest BCUT2D eigenvalue weighted by molar-refractivity contribution is 7.97. The molecule has 3 N–H and O–H groups in total. The van der Waals surface area contributed by atoms with Crippen LogP contribution in [0.2, 0.25) is 0 Å². The molecule has 0 saturated heterocycles. The predicted molar refractivity (Wildman–Crippen MR) is 49.5 cm³/mol. The fourth-order valence-electron chi connectivity index (χ4n) is 0.821. The third-order valence-electron chi connectivity index (χ3n) is 1.47. The van der Waals surface area contributed by atoms with E-state index in [0.29, 0.717) is 5.69 Å². The minimum Gasteiger partial charge on any atom is -0.384 e. The molecule has 0 fully saturated rings. The van der Waals surface area contributed by atoms with Crippen LogP contribution in [-0.2, 0) is 5.60 Å². The molecule has 0 aliphatic heterocycles. The lowest BCUT2D eigenvalue weighted by Gasteiger charge is -2.16. The summed E-state index contributed by atoms with van der Waals surface area (Å²) in [6.07, 6.45) is 0. The summed E-state index contributed by atoms with van der Waals surface area (Å²) < 4.78 is 0. The number of aliphatic hydroxyl groups is 1. The summed E-state index contributed by atoms with van der Waals surface area (Å²) in [5.41, 5.74) is -0.260. The normalized spacial score (nSPS) is 11.7. The summed E-state index contributed by atoms with van der Waals surface area (Å²) in [5, 5.41) is 15.6. The summed E-state index contributed by atoms with van der Waals surface area (Å²) in [6.45, 7) is 3.39. The lowest BCUT2D eigenvalue weighted by molar-refractivity contribution is 0.0732. The van der Waals surface area contributed by atoms with E-state index in [0.717, 1.165) is 17.0 Å². The Morgan fingerprint density at radius 3 is 2.67 bits per heavy atom. The first-order valence-electron chi connectivity index (χ1n) is 3.60. The molecule has 0 atom stereocenters. The Bertz CT molecular complexity index is 270. The molecule has 0 bridgehead atoms. The van der Waals surface area contributed by atoms with Gasteiger partial charge in [-0.2, -0.15) is 0 Å². The molecular weight excluding hydrogens is 172 g/mol. The Labute approximate surface area is 76.1 Å². The van der Waals surface area contributed by atoms with Crippen LogP contribution in [0.5, 0.6) is 0 Å². The fraction of sp³-hybridized carbons (Fsp3) is 0.375. The molecule has 1 aromatic rings. The Hall–Kier alpha value is -0.580. The van der Waals surface area contributed by atoms with Crippen molar-refractivity contribution in [2.45, 2.75) is 24.5 Å². The molecule has 0 saturated carbocycles. The first-order valence-corrected chi connectivity index (χ1v) is 4.48. The van der Waals surface area contributed by atoms with E-state index in [-0.39, 0.29) is 0 Å². The van der Waals surface area contributed by atoms with E-state index in [9.17, 15) is 5.11 Å². The summed E-state index contributed by atoms with van der Waals surface area (Å²) in [5.74, 6) is 0. The topological polar surface area (TPSA) is 59.1 Å². The average Bonchev–Trinajstić information content (AvgIpc) is 2.03. The zero-order chi connectivity index (χ0) is 9.19. The van der Waals surface area contributed by atoms with Crippen LogP contribution in [0.1, 0.15) is 19.5 Å². The third-order valence-corrected chi connectivity index (χ3v) is 1.94. The smallest absolute Gasteiger partial charge is 0.111 e. The van der Waals surface area contributed by atoms with Crippen LogP contribution in [0.3, 0.4) is 0 Å². The van der Waals surface area contributed by atoms with E-state index in [1.807, 2.05) is 6.07 Å². The van der Waals surface area contributed by atoms with Gasteiger partial charge in [0.1, 0.15) is 10.6 Å². The van der Waals surface area contributed by atoms with Crippen molar-refractivity contribution in [2.75, 3.05) is 0 Å². The summed E-state index contributed by atoms with van der Waals surface area (Å²) in [4.78, 5) is 4.15. The molecule has 4 heteroatoms. The van der Waals surface area contributed by atoms with Crippen LogP contribution >= 0.6 is 11.9 Å². The van der Waals surface area contributed by atoms with Gasteiger partial charge in [-0.15, -0.1) is 0 Å². The van der Waals surface area contributed by atoms with Crippen molar-refractivity contribution in [3.8, 4) is 0 Å². The third kappa shape index (κ3) is 2.20. The van der Waals surface area contributed by atoms with E-state index in [1.54, 1.807) is 26.0 Å². The van der Waals surface area contributed by atoms with Gasteiger partial charge in [0.2, 0.25) is 0 Å². The molecule has 0 unspecified atom stereocenters. The van der Waals surface area contributed by atoms with Gasteiger partial charge in [0.15, 0.2) is 0 Å². The van der Waals surface area contributed by atoms with E-state index in [1.165, 1.54) is 0 Å². The lowest BCUT2D eigenvalue weighted by atomic mass is 10.1. The molecule has 0 aliphatic rings. The molecule has 0 aliphatic carbocycles. The van der Waals surface area contributed by atoms with Crippen molar-refractivity contribution in [3.63, 3.8) is 0 Å². The van der Waals surface area contributed by atoms with Gasteiger partial charge >= 0.3 is 0 Å². The van der Waals surface area contributed by atoms with Gasteiger partial charge < -0.3 is 5.11 Å². The predicted octanol–water partition coefficient (Wildman–Crippen LogP) is 1.27. The van der Waals surface area contributed by atoms with Crippen LogP contribution in [0.25, 0.3) is 0 Å². The minimum absolute atomic E-state index is 0.637. The largest absolute Gasteiger partial charge is 0.384 e. The molecular formula is C8H12N2OS. The van der Waals surface area contributed by atoms with Gasteiger partial charge in [0, 0.05) is 0 Å². The molecule has 0 spiro atoms. The van der Waals surface area contributed by atoms with Crippen molar-refractivity contribution >= 4 is 11.9 Å². The Balaban J connectivity index is 3.02.